The summed E-state index contributed by atoms with van der Waals surface area (Å²) in [7, 11) is 0. The minimum absolute atomic E-state index is 0.639. The van der Waals surface area contributed by atoms with Gasteiger partial charge in [-0.1, -0.05) is 0 Å². The predicted molar refractivity (Wildman–Crippen MR) is 37.5 cm³/mol. The van der Waals surface area contributed by atoms with Crippen LogP contribution in [-0.4, -0.2) is 26.3 Å². The molecule has 0 aliphatic carbocycles. The van der Waals surface area contributed by atoms with E-state index in [1.54, 1.807) is 12.5 Å². The van der Waals surface area contributed by atoms with Gasteiger partial charge in [0.1, 0.15) is 12.9 Å². The van der Waals surface area contributed by atoms with Gasteiger partial charge in [-0.25, -0.2) is 0 Å². The Morgan fingerprint density at radius 1 is 1.40 bits per heavy atom. The Kier molecular flexibility index (Phi) is 3.23. The zero-order valence-electron chi connectivity index (χ0n) is 5.62. The first-order chi connectivity index (χ1) is 5.00. The number of nitrogens with one attached hydrogen (secondary N) is 1. The molecule has 2 aliphatic heterocycles. The van der Waals surface area contributed by atoms with Crippen LogP contribution in [0.15, 0.2) is 17.5 Å². The van der Waals surface area contributed by atoms with Crippen LogP contribution < -0.4 is 5.32 Å². The van der Waals surface area contributed by atoms with Gasteiger partial charge >= 0.3 is 0 Å². The molecular formula is C6H10N2O2. The maximum Gasteiger partial charge on any atom is 0.169 e. The maximum absolute atomic E-state index is 4.65. The predicted octanol–water partition coefficient (Wildman–Crippen LogP) is 0.0798. The van der Waals surface area contributed by atoms with Crippen molar-refractivity contribution in [3.63, 3.8) is 0 Å². The molecule has 4 heteroatoms. The van der Waals surface area contributed by atoms with Crippen LogP contribution in [-0.2, 0) is 9.47 Å². The van der Waals surface area contributed by atoms with Gasteiger partial charge in [-0.05, 0) is 0 Å². The van der Waals surface area contributed by atoms with Gasteiger partial charge in [0.25, 0.3) is 0 Å². The summed E-state index contributed by atoms with van der Waals surface area (Å²) in [6.07, 6.45) is 4.88. The van der Waals surface area contributed by atoms with Crippen LogP contribution in [0, 0.1) is 0 Å². The van der Waals surface area contributed by atoms with Crippen molar-refractivity contribution in [3.05, 3.63) is 12.5 Å². The summed E-state index contributed by atoms with van der Waals surface area (Å²) in [5, 5.41) is 2.82. The second-order valence-corrected chi connectivity index (χ2v) is 1.70. The van der Waals surface area contributed by atoms with Crippen LogP contribution in [0.5, 0.6) is 0 Å². The summed E-state index contributed by atoms with van der Waals surface area (Å²) in [5.41, 5.74) is 0. The van der Waals surface area contributed by atoms with E-state index in [1.807, 2.05) is 0 Å². The van der Waals surface area contributed by atoms with Crippen molar-refractivity contribution in [3.8, 4) is 0 Å². The van der Waals surface area contributed by atoms with Crippen molar-refractivity contribution in [1.82, 2.24) is 5.32 Å². The quantitative estimate of drug-likeness (QED) is 0.521. The lowest BCUT2D eigenvalue weighted by atomic mass is 10.8. The smallest absolute Gasteiger partial charge is 0.169 e. The second kappa shape index (κ2) is 4.67. The zero-order valence-corrected chi connectivity index (χ0v) is 5.62. The number of hydrogen-bond acceptors (Lipinski definition) is 4. The Morgan fingerprint density at radius 3 is 2.60 bits per heavy atom. The van der Waals surface area contributed by atoms with Gasteiger partial charge in [0, 0.05) is 6.20 Å². The summed E-state index contributed by atoms with van der Waals surface area (Å²) < 4.78 is 9.31. The number of nitrogens with zero attached hydrogens (tertiary/aromatic N) is 1. The molecule has 0 saturated carbocycles. The van der Waals surface area contributed by atoms with E-state index in [1.165, 1.54) is 6.40 Å². The van der Waals surface area contributed by atoms with Crippen LogP contribution in [0.25, 0.3) is 0 Å². The molecule has 10 heavy (non-hydrogen) atoms. The van der Waals surface area contributed by atoms with Gasteiger partial charge in [0.15, 0.2) is 13.1 Å². The molecule has 2 heterocycles. The molecule has 0 atom stereocenters. The fourth-order valence-electron chi connectivity index (χ4n) is 0.504. The molecule has 4 nitrogen and oxygen atoms in total. The van der Waals surface area contributed by atoms with Crippen molar-refractivity contribution >= 4 is 6.40 Å². The van der Waals surface area contributed by atoms with Crippen molar-refractivity contribution in [2.45, 2.75) is 0 Å². The Hall–Kier alpha value is -1.19. The molecular weight excluding hydrogens is 132 g/mol. The van der Waals surface area contributed by atoms with Crippen molar-refractivity contribution in [2.24, 2.45) is 4.99 Å². The average Bonchev–Trinajstić information content (AvgIpc) is 2.67. The topological polar surface area (TPSA) is 42.8 Å². The van der Waals surface area contributed by atoms with Crippen LogP contribution in [0.2, 0.25) is 0 Å². The third kappa shape index (κ3) is 2.96. The van der Waals surface area contributed by atoms with Gasteiger partial charge in [0.2, 0.25) is 0 Å². The summed E-state index contributed by atoms with van der Waals surface area (Å²) in [4.78, 5) is 3.74. The standard InChI is InChI=1S/2C3H5NO/c2*1-2-5-3-4-1/h3H,1-2H2;1-2,4H,3H2. The first-order valence-electron chi connectivity index (χ1n) is 3.10. The van der Waals surface area contributed by atoms with E-state index >= 15 is 0 Å². The summed E-state index contributed by atoms with van der Waals surface area (Å²) in [6.45, 7) is 2.26. The van der Waals surface area contributed by atoms with Gasteiger partial charge < -0.3 is 14.8 Å². The lowest BCUT2D eigenvalue weighted by Crippen LogP contribution is -1.98. The minimum atomic E-state index is 0.639. The molecule has 1 N–H and O–H groups in total. The fourth-order valence-corrected chi connectivity index (χ4v) is 0.504. The highest BCUT2D eigenvalue weighted by atomic mass is 16.5. The average molecular weight is 142 g/mol. The highest BCUT2D eigenvalue weighted by molar-refractivity contribution is 5.47. The molecule has 0 unspecified atom stereocenters. The molecule has 0 aromatic carbocycles. The lowest BCUT2D eigenvalue weighted by molar-refractivity contribution is 0.267. The molecule has 2 aliphatic rings. The summed E-state index contributed by atoms with van der Waals surface area (Å²) in [6, 6.07) is 0. The number of ether oxygens (including phenoxy) is 2. The molecule has 0 amide bonds. The first-order valence-corrected chi connectivity index (χ1v) is 3.10. The van der Waals surface area contributed by atoms with E-state index in [-0.39, 0.29) is 0 Å². The Labute approximate surface area is 59.5 Å². The summed E-state index contributed by atoms with van der Waals surface area (Å²) >= 11 is 0. The first kappa shape index (κ1) is 6.92. The largest absolute Gasteiger partial charge is 0.482 e. The van der Waals surface area contributed by atoms with E-state index in [9.17, 15) is 0 Å². The highest BCUT2D eigenvalue weighted by Gasteiger charge is 1.84. The molecule has 0 radical (unpaired) electrons. The normalized spacial score (nSPS) is 18.4. The van der Waals surface area contributed by atoms with Crippen molar-refractivity contribution in [1.29, 1.82) is 0 Å². The molecule has 0 saturated heterocycles. The molecule has 2 rings (SSSR count). The maximum atomic E-state index is 4.65. The number of rotatable bonds is 0. The molecule has 0 fully saturated rings. The minimum Gasteiger partial charge on any atom is -0.482 e. The zero-order chi connectivity index (χ0) is 7.07. The fraction of sp³-hybridized carbons (Fsp3) is 0.500. The van der Waals surface area contributed by atoms with Crippen LogP contribution in [0.4, 0.5) is 0 Å². The van der Waals surface area contributed by atoms with Crippen LogP contribution >= 0.6 is 0 Å². The molecule has 0 aromatic rings. The van der Waals surface area contributed by atoms with Gasteiger partial charge in [0.05, 0.1) is 6.54 Å². The molecule has 0 spiro atoms. The SMILES string of the molecule is C1=COCN1.C1=NCCO1. The van der Waals surface area contributed by atoms with Crippen LogP contribution in [0.1, 0.15) is 0 Å². The van der Waals surface area contributed by atoms with Crippen molar-refractivity contribution in [2.75, 3.05) is 19.9 Å². The molecule has 0 bridgehead atoms. The third-order valence-electron chi connectivity index (χ3n) is 0.936. The van der Waals surface area contributed by atoms with E-state index in [2.05, 4.69) is 19.8 Å². The van der Waals surface area contributed by atoms with Crippen molar-refractivity contribution < 1.29 is 9.47 Å². The Balaban J connectivity index is 0.0000001000. The lowest BCUT2D eigenvalue weighted by Gasteiger charge is -1.82. The van der Waals surface area contributed by atoms with Gasteiger partial charge in [-0.3, -0.25) is 4.99 Å². The number of hydrogen-bond donors (Lipinski definition) is 1. The molecule has 0 aromatic heterocycles. The Bertz CT molecular complexity index is 106. The highest BCUT2D eigenvalue weighted by Crippen LogP contribution is 1.79. The third-order valence-corrected chi connectivity index (χ3v) is 0.936. The van der Waals surface area contributed by atoms with E-state index in [4.69, 9.17) is 0 Å². The van der Waals surface area contributed by atoms with E-state index in [0.29, 0.717) is 6.73 Å². The van der Waals surface area contributed by atoms with Gasteiger partial charge in [-0.2, -0.15) is 0 Å². The monoisotopic (exact) mass is 142 g/mol. The Morgan fingerprint density at radius 2 is 2.40 bits per heavy atom. The van der Waals surface area contributed by atoms with Crippen LogP contribution in [0.3, 0.4) is 0 Å². The van der Waals surface area contributed by atoms with Gasteiger partial charge in [-0.15, -0.1) is 0 Å². The molecule has 56 valence electrons. The van der Waals surface area contributed by atoms with E-state index < -0.39 is 0 Å². The van der Waals surface area contributed by atoms with E-state index in [0.717, 1.165) is 13.2 Å². The second-order valence-electron chi connectivity index (χ2n) is 1.70. The number of aliphatic imine (C=N–C) groups is 1. The summed E-state index contributed by atoms with van der Waals surface area (Å²) in [5.74, 6) is 0.